The lowest BCUT2D eigenvalue weighted by atomic mass is 9.91. The molecule has 2 N–H and O–H groups in total. The zero-order valence-electron chi connectivity index (χ0n) is 15.9. The van der Waals surface area contributed by atoms with Crippen LogP contribution in [-0.4, -0.2) is 35.1 Å². The lowest BCUT2D eigenvalue weighted by Crippen LogP contribution is -2.41. The van der Waals surface area contributed by atoms with E-state index in [1.54, 1.807) is 31.2 Å². The maximum atomic E-state index is 12.9. The Morgan fingerprint density at radius 2 is 1.82 bits per heavy atom. The van der Waals surface area contributed by atoms with E-state index in [0.29, 0.717) is 17.0 Å². The molecule has 4 amide bonds. The van der Waals surface area contributed by atoms with Gasteiger partial charge < -0.3 is 10.6 Å². The van der Waals surface area contributed by atoms with Crippen molar-refractivity contribution >= 4 is 35.0 Å². The molecule has 1 aromatic carbocycles. The number of hydrogen-bond donors (Lipinski definition) is 2. The Balaban J connectivity index is 1.73. The van der Waals surface area contributed by atoms with Gasteiger partial charge in [-0.2, -0.15) is 0 Å². The number of amides is 4. The Hall–Kier alpha value is -3.00. The molecule has 1 saturated heterocycles. The summed E-state index contributed by atoms with van der Waals surface area (Å²) in [5, 5.41) is 5.37. The minimum absolute atomic E-state index is 0.156. The fourth-order valence-corrected chi connectivity index (χ4v) is 3.86. The van der Waals surface area contributed by atoms with Gasteiger partial charge in [-0.15, -0.1) is 11.3 Å². The monoisotopic (exact) mass is 399 g/mol. The summed E-state index contributed by atoms with van der Waals surface area (Å²) in [7, 11) is 0. The minimum atomic E-state index is -1.20. The second kappa shape index (κ2) is 7.55. The van der Waals surface area contributed by atoms with E-state index in [2.05, 4.69) is 10.6 Å². The van der Waals surface area contributed by atoms with Crippen LogP contribution in [0.2, 0.25) is 0 Å². The van der Waals surface area contributed by atoms with Crippen LogP contribution >= 0.6 is 11.3 Å². The fourth-order valence-electron chi connectivity index (χ4n) is 2.98. The zero-order chi connectivity index (χ0) is 20.5. The van der Waals surface area contributed by atoms with E-state index < -0.39 is 17.5 Å². The maximum absolute atomic E-state index is 12.9. The second-order valence-corrected chi connectivity index (χ2v) is 8.08. The van der Waals surface area contributed by atoms with Gasteiger partial charge in [0, 0.05) is 11.8 Å². The highest BCUT2D eigenvalue weighted by atomic mass is 32.1. The molecule has 2 heterocycles. The molecule has 1 aromatic heterocycles. The lowest BCUT2D eigenvalue weighted by Gasteiger charge is -2.22. The van der Waals surface area contributed by atoms with Crippen LogP contribution < -0.4 is 10.6 Å². The predicted octanol–water partition coefficient (Wildman–Crippen LogP) is 2.34. The van der Waals surface area contributed by atoms with Gasteiger partial charge in [0.1, 0.15) is 5.54 Å². The molecule has 8 heteroatoms. The van der Waals surface area contributed by atoms with Gasteiger partial charge in [0.15, 0.2) is 5.78 Å². The van der Waals surface area contributed by atoms with E-state index in [4.69, 9.17) is 0 Å². The average Bonchev–Trinajstić information content (AvgIpc) is 3.20. The van der Waals surface area contributed by atoms with Crippen LogP contribution in [0.5, 0.6) is 0 Å². The van der Waals surface area contributed by atoms with Crippen LogP contribution in [-0.2, 0) is 21.7 Å². The number of carbonyl (C=O) groups is 4. The molecular weight excluding hydrogens is 378 g/mol. The van der Waals surface area contributed by atoms with Gasteiger partial charge in [-0.05, 0) is 31.5 Å². The first-order chi connectivity index (χ1) is 13.2. The molecule has 1 fully saturated rings. The van der Waals surface area contributed by atoms with Crippen molar-refractivity contribution in [3.8, 4) is 0 Å². The predicted molar refractivity (Wildman–Crippen MR) is 105 cm³/mol. The van der Waals surface area contributed by atoms with Crippen LogP contribution in [0, 0.1) is 6.92 Å². The molecular formula is C20H21N3O4S. The molecule has 3 rings (SSSR count). The number of rotatable bonds is 6. The Morgan fingerprint density at radius 1 is 1.14 bits per heavy atom. The lowest BCUT2D eigenvalue weighted by molar-refractivity contribution is -0.130. The molecule has 7 nitrogen and oxygen atoms in total. The quantitative estimate of drug-likeness (QED) is 0.576. The van der Waals surface area contributed by atoms with Gasteiger partial charge in [0.2, 0.25) is 5.91 Å². The highest BCUT2D eigenvalue weighted by Crippen LogP contribution is 2.29. The van der Waals surface area contributed by atoms with Crippen LogP contribution in [0.15, 0.2) is 36.4 Å². The van der Waals surface area contributed by atoms with Crippen LogP contribution in [0.25, 0.3) is 0 Å². The number of aryl methyl sites for hydroxylation is 1. The number of imide groups is 1. The summed E-state index contributed by atoms with van der Waals surface area (Å²) >= 11 is 1.23. The van der Waals surface area contributed by atoms with Crippen molar-refractivity contribution in [3.05, 3.63) is 57.3 Å². The number of urea groups is 1. The van der Waals surface area contributed by atoms with Gasteiger partial charge in [-0.25, -0.2) is 4.79 Å². The van der Waals surface area contributed by atoms with Crippen molar-refractivity contribution in [2.75, 3.05) is 6.54 Å². The third kappa shape index (κ3) is 3.82. The highest BCUT2D eigenvalue weighted by Gasteiger charge is 2.49. The van der Waals surface area contributed by atoms with E-state index in [1.807, 2.05) is 19.1 Å². The number of nitrogens with zero attached hydrogens (tertiary/aromatic N) is 1. The molecule has 0 bridgehead atoms. The number of benzene rings is 1. The van der Waals surface area contributed by atoms with E-state index in [9.17, 15) is 19.2 Å². The van der Waals surface area contributed by atoms with Crippen molar-refractivity contribution in [3.63, 3.8) is 0 Å². The summed E-state index contributed by atoms with van der Waals surface area (Å²) < 4.78 is 0. The molecule has 1 aliphatic rings. The first kappa shape index (κ1) is 19.8. The number of carbonyl (C=O) groups excluding carboxylic acids is 4. The van der Waals surface area contributed by atoms with Crippen LogP contribution in [0.1, 0.15) is 39.5 Å². The fraction of sp³-hybridized carbons (Fsp3) is 0.300. The average molecular weight is 399 g/mol. The van der Waals surface area contributed by atoms with Crippen LogP contribution in [0.4, 0.5) is 4.79 Å². The number of hydrogen-bond acceptors (Lipinski definition) is 5. The zero-order valence-corrected chi connectivity index (χ0v) is 16.7. The van der Waals surface area contributed by atoms with E-state index >= 15 is 0 Å². The number of ketones is 1. The van der Waals surface area contributed by atoms with E-state index in [0.717, 1.165) is 15.3 Å². The first-order valence-electron chi connectivity index (χ1n) is 8.78. The van der Waals surface area contributed by atoms with Gasteiger partial charge in [-0.1, -0.05) is 29.8 Å². The van der Waals surface area contributed by atoms with Gasteiger partial charge in [0.25, 0.3) is 5.91 Å². The molecule has 1 aliphatic heterocycles. The largest absolute Gasteiger partial charge is 0.351 e. The highest BCUT2D eigenvalue weighted by molar-refractivity contribution is 7.14. The first-order valence-corrected chi connectivity index (χ1v) is 9.60. The van der Waals surface area contributed by atoms with Crippen molar-refractivity contribution in [1.82, 2.24) is 15.5 Å². The maximum Gasteiger partial charge on any atom is 0.325 e. The van der Waals surface area contributed by atoms with E-state index in [-0.39, 0.29) is 18.2 Å². The standard InChI is InChI=1S/C20H21N3O4S/c1-12-4-6-14(7-5-12)20(3)18(26)23(19(27)22-20)11-16(25)17-9-8-15(28-17)10-21-13(2)24/h4-9H,10-11H2,1-3H3,(H,21,24)(H,22,27)/t20-/m1/s1. The SMILES string of the molecule is CC(=O)NCc1ccc(C(=O)CN2C(=O)N[C@](C)(c3ccc(C)cc3)C2=O)s1. The second-order valence-electron chi connectivity index (χ2n) is 6.91. The third-order valence-corrected chi connectivity index (χ3v) is 5.78. The number of nitrogens with one attached hydrogen (secondary N) is 2. The summed E-state index contributed by atoms with van der Waals surface area (Å²) in [5.74, 6) is -0.934. The molecule has 0 spiro atoms. The Labute approximate surface area is 166 Å². The molecule has 146 valence electrons. The molecule has 0 unspecified atom stereocenters. The minimum Gasteiger partial charge on any atom is -0.351 e. The summed E-state index contributed by atoms with van der Waals surface area (Å²) in [6.45, 7) is 5.00. The summed E-state index contributed by atoms with van der Waals surface area (Å²) in [5.41, 5.74) is 0.515. The molecule has 0 radical (unpaired) electrons. The van der Waals surface area contributed by atoms with Crippen molar-refractivity contribution in [2.45, 2.75) is 32.9 Å². The third-order valence-electron chi connectivity index (χ3n) is 4.65. The Kier molecular flexibility index (Phi) is 5.33. The molecule has 28 heavy (non-hydrogen) atoms. The molecule has 1 atom stereocenters. The summed E-state index contributed by atoms with van der Waals surface area (Å²) in [6, 6.07) is 10.1. The molecule has 0 saturated carbocycles. The van der Waals surface area contributed by atoms with Gasteiger partial charge in [-0.3, -0.25) is 19.3 Å². The molecule has 0 aliphatic carbocycles. The Morgan fingerprint density at radius 3 is 2.46 bits per heavy atom. The van der Waals surface area contributed by atoms with Gasteiger partial charge in [0.05, 0.1) is 18.0 Å². The molecule has 2 aromatic rings. The normalized spacial score (nSPS) is 18.9. The van der Waals surface area contributed by atoms with Crippen LogP contribution in [0.3, 0.4) is 0 Å². The summed E-state index contributed by atoms with van der Waals surface area (Å²) in [4.78, 5) is 51.1. The number of Topliss-reactive ketones (excluding diaryl/α,β-unsaturated/α-hetero) is 1. The van der Waals surface area contributed by atoms with Crippen molar-refractivity contribution < 1.29 is 19.2 Å². The van der Waals surface area contributed by atoms with Crippen molar-refractivity contribution in [2.24, 2.45) is 0 Å². The summed E-state index contributed by atoms with van der Waals surface area (Å²) in [6.07, 6.45) is 0. The van der Waals surface area contributed by atoms with Crippen molar-refractivity contribution in [1.29, 1.82) is 0 Å². The number of thiophene rings is 1. The van der Waals surface area contributed by atoms with Gasteiger partial charge >= 0.3 is 6.03 Å². The topological polar surface area (TPSA) is 95.6 Å². The van der Waals surface area contributed by atoms with E-state index in [1.165, 1.54) is 18.3 Å². The Bertz CT molecular complexity index is 951. The smallest absolute Gasteiger partial charge is 0.325 e.